The van der Waals surface area contributed by atoms with Crippen LogP contribution in [0.4, 0.5) is 45.5 Å². The Morgan fingerprint density at radius 3 is 1.40 bits per heavy atom. The number of hydrogen-bond donors (Lipinski definition) is 0. The first-order chi connectivity index (χ1) is 37.7. The third kappa shape index (κ3) is 8.51. The van der Waals surface area contributed by atoms with Gasteiger partial charge in [0.05, 0.1) is 13.8 Å². The monoisotopic (exact) mass is 1110 g/mol. The van der Waals surface area contributed by atoms with Crippen molar-refractivity contribution in [2.45, 2.75) is 220 Å². The summed E-state index contributed by atoms with van der Waals surface area (Å²) in [6, 6.07) is 47.3. The zero-order chi connectivity index (χ0) is 57.7. The van der Waals surface area contributed by atoms with Crippen molar-refractivity contribution in [3.8, 4) is 0 Å². The highest BCUT2D eigenvalue weighted by Crippen LogP contribution is 2.66. The van der Waals surface area contributed by atoms with Gasteiger partial charge in [0.15, 0.2) is 0 Å². The molecule has 0 aromatic heterocycles. The summed E-state index contributed by atoms with van der Waals surface area (Å²) in [5.41, 5.74) is 24.4. The molecule has 0 saturated heterocycles. The summed E-state index contributed by atoms with van der Waals surface area (Å²) in [6.45, 7) is 48.1. The summed E-state index contributed by atoms with van der Waals surface area (Å²) < 4.78 is 0. The van der Waals surface area contributed by atoms with E-state index in [4.69, 9.17) is 0 Å². The van der Waals surface area contributed by atoms with E-state index in [2.05, 4.69) is 272 Å². The van der Waals surface area contributed by atoms with Crippen molar-refractivity contribution in [3.05, 3.63) is 159 Å². The lowest BCUT2D eigenvalue weighted by molar-refractivity contribution is 0.0881. The van der Waals surface area contributed by atoms with Gasteiger partial charge in [-0.15, -0.1) is 11.8 Å². The molecule has 1 fully saturated rings. The van der Waals surface area contributed by atoms with Crippen molar-refractivity contribution >= 4 is 88.2 Å². The van der Waals surface area contributed by atoms with Crippen LogP contribution in [-0.2, 0) is 32.5 Å². The summed E-state index contributed by atoms with van der Waals surface area (Å²) >= 11 is 2.29. The van der Waals surface area contributed by atoms with Crippen LogP contribution in [0, 0.1) is 16.7 Å². The van der Waals surface area contributed by atoms with Crippen LogP contribution in [0.15, 0.2) is 126 Å². The van der Waals surface area contributed by atoms with Crippen molar-refractivity contribution < 1.29 is 0 Å². The van der Waals surface area contributed by atoms with Gasteiger partial charge in [-0.1, -0.05) is 184 Å². The van der Waals surface area contributed by atoms with E-state index < -0.39 is 8.07 Å². The van der Waals surface area contributed by atoms with Gasteiger partial charge < -0.3 is 14.7 Å². The van der Waals surface area contributed by atoms with Crippen molar-refractivity contribution in [3.63, 3.8) is 0 Å². The highest BCUT2D eigenvalue weighted by Gasteiger charge is 2.60. The van der Waals surface area contributed by atoms with E-state index in [1.54, 1.807) is 16.1 Å². The lowest BCUT2D eigenvalue weighted by Gasteiger charge is -2.52. The van der Waals surface area contributed by atoms with Crippen LogP contribution >= 0.6 is 11.8 Å². The molecule has 3 heterocycles. The molecule has 1 saturated carbocycles. The van der Waals surface area contributed by atoms with Gasteiger partial charge in [-0.2, -0.15) is 0 Å². The topological polar surface area (TPSA) is 9.72 Å². The number of allylic oxidation sites excluding steroid dienone is 1. The Morgan fingerprint density at radius 1 is 0.432 bits per heavy atom. The van der Waals surface area contributed by atoms with E-state index in [1.165, 1.54) is 141 Å². The van der Waals surface area contributed by atoms with Gasteiger partial charge in [-0.05, 0) is 211 Å². The molecule has 6 heteroatoms. The van der Waals surface area contributed by atoms with Crippen LogP contribution in [0.2, 0.25) is 19.6 Å². The van der Waals surface area contributed by atoms with Crippen LogP contribution in [0.5, 0.6) is 0 Å². The molecule has 4 aliphatic carbocycles. The fourth-order valence-electron chi connectivity index (χ4n) is 16.6. The van der Waals surface area contributed by atoms with Gasteiger partial charge in [0, 0.05) is 56.7 Å². The van der Waals surface area contributed by atoms with E-state index in [9.17, 15) is 0 Å². The number of hydrogen-bond acceptors (Lipinski definition) is 4. The average Bonchev–Trinajstić information content (AvgIpc) is 4.07. The molecular formula is C75H94BN3SSi. The quantitative estimate of drug-likeness (QED) is 0.154. The number of nitrogens with zero attached hydrogens (tertiary/aromatic N) is 3. The maximum atomic E-state index is 2.90. The molecule has 2 unspecified atom stereocenters. The van der Waals surface area contributed by atoms with Gasteiger partial charge in [-0.3, -0.25) is 0 Å². The maximum Gasteiger partial charge on any atom is 0.259 e. The molecule has 2 atom stereocenters. The molecule has 0 radical (unpaired) electrons. The predicted molar refractivity (Wildman–Crippen MR) is 357 cm³/mol. The second-order valence-electron chi connectivity index (χ2n) is 32.9. The third-order valence-corrected chi connectivity index (χ3v) is 26.5. The zero-order valence-corrected chi connectivity index (χ0v) is 54.9. The van der Waals surface area contributed by atoms with Crippen LogP contribution in [0.25, 0.3) is 0 Å². The largest absolute Gasteiger partial charge is 0.314 e. The second-order valence-corrected chi connectivity index (χ2v) is 39.2. The van der Waals surface area contributed by atoms with Gasteiger partial charge in [-0.25, -0.2) is 0 Å². The highest BCUT2D eigenvalue weighted by molar-refractivity contribution is 8.06. The molecule has 0 bridgehead atoms. The maximum absolute atomic E-state index is 2.90. The van der Waals surface area contributed by atoms with Gasteiger partial charge in [0.2, 0.25) is 0 Å². The fourth-order valence-corrected chi connectivity index (χ4v) is 19.8. The molecule has 7 aliphatic rings. The summed E-state index contributed by atoms with van der Waals surface area (Å²) in [5, 5.41) is 1.92. The minimum absolute atomic E-state index is 0.0283. The summed E-state index contributed by atoms with van der Waals surface area (Å²) in [5.74, 6) is 0.349. The lowest BCUT2D eigenvalue weighted by Crippen LogP contribution is -2.56. The van der Waals surface area contributed by atoms with E-state index in [0.717, 1.165) is 0 Å². The van der Waals surface area contributed by atoms with Gasteiger partial charge >= 0.3 is 0 Å². The number of fused-ring (bicyclic) bond motifs is 8. The van der Waals surface area contributed by atoms with Crippen LogP contribution in [0.1, 0.15) is 196 Å². The van der Waals surface area contributed by atoms with Gasteiger partial charge in [0.1, 0.15) is 0 Å². The Hall–Kier alpha value is -4.91. The molecule has 3 aliphatic heterocycles. The van der Waals surface area contributed by atoms with Crippen molar-refractivity contribution in [2.24, 2.45) is 16.7 Å². The molecule has 6 aromatic carbocycles. The number of benzene rings is 6. The normalized spacial score (nSPS) is 24.2. The van der Waals surface area contributed by atoms with Crippen molar-refractivity contribution in [1.29, 1.82) is 0 Å². The summed E-state index contributed by atoms with van der Waals surface area (Å²) in [6.07, 6.45) is 9.55. The number of thioether (sulfide) groups is 1. The average molecular weight is 1110 g/mol. The van der Waals surface area contributed by atoms with Crippen LogP contribution in [0.3, 0.4) is 0 Å². The fraction of sp³-hybridized carbons (Fsp3) is 0.493. The first-order valence-corrected chi connectivity index (χ1v) is 35.7. The smallest absolute Gasteiger partial charge is 0.259 e. The molecule has 81 heavy (non-hydrogen) atoms. The SMILES string of the molecule is CC1(C)CCC(C)(C)c2cc(N3C4=C(SC5C4C(C)(C)CCC5(C)C)B4c5cc6c(cc5N(c5ccc7c(c5)C(C)(C)CCC7(C)C)c5cc(N(c7ccccc7)c7ccc([Si](C)(C)C)cc7)cc3c54)C(C)(C)CCC6(C)C)ccc21. The molecule has 0 amide bonds. The van der Waals surface area contributed by atoms with Gasteiger partial charge in [0.25, 0.3) is 6.71 Å². The Morgan fingerprint density at radius 2 is 0.877 bits per heavy atom. The van der Waals surface area contributed by atoms with Crippen LogP contribution in [-0.4, -0.2) is 20.0 Å². The first kappa shape index (κ1) is 55.3. The minimum atomic E-state index is -1.59. The number of rotatable bonds is 6. The minimum Gasteiger partial charge on any atom is -0.314 e. The number of anilines is 8. The van der Waals surface area contributed by atoms with Crippen molar-refractivity contribution in [2.75, 3.05) is 14.7 Å². The lowest BCUT2D eigenvalue weighted by atomic mass is 9.35. The molecule has 422 valence electrons. The third-order valence-electron chi connectivity index (χ3n) is 22.5. The highest BCUT2D eigenvalue weighted by atomic mass is 32.2. The van der Waals surface area contributed by atoms with Crippen LogP contribution < -0.4 is 30.8 Å². The molecule has 0 spiro atoms. The zero-order valence-electron chi connectivity index (χ0n) is 53.1. The Kier molecular flexibility index (Phi) is 12.2. The molecule has 3 nitrogen and oxygen atoms in total. The molecule has 6 aromatic rings. The molecular weight excluding hydrogens is 1010 g/mol. The standard InChI is InChI=1S/C75H94BN3SSi/c1-68(2)33-35-70(5,6)55-41-49(27-31-53(55)68)78-60-46-58-57(72(9,10)37-38-73(58,11)12)45-59(60)76-64-61(78)43-51(77(47-23-21-20-22-24-47)48-25-29-52(30-26-48)81(17,18)19)44-62(64)79(50-28-32-54-56(42-50)71(7,8)36-34-69(54,3)4)65-63-66(80-67(65)76)75(15,16)40-39-74(63,13)14/h20-32,41-46,63,66H,33-40H2,1-19H3. The van der Waals surface area contributed by atoms with E-state index in [0.29, 0.717) is 11.2 Å². The van der Waals surface area contributed by atoms with E-state index in [1.807, 2.05) is 0 Å². The number of para-hydroxylation sites is 1. The Bertz CT molecular complexity index is 3600. The molecule has 13 rings (SSSR count). The van der Waals surface area contributed by atoms with E-state index >= 15 is 0 Å². The summed E-state index contributed by atoms with van der Waals surface area (Å²) in [4.78, 5) is 9.88. The first-order valence-electron chi connectivity index (χ1n) is 31.4. The predicted octanol–water partition coefficient (Wildman–Crippen LogP) is 19.6. The van der Waals surface area contributed by atoms with E-state index in [-0.39, 0.29) is 50.0 Å². The Balaban J connectivity index is 1.20. The summed E-state index contributed by atoms with van der Waals surface area (Å²) in [7, 11) is -1.59. The molecule has 0 N–H and O–H groups in total. The second kappa shape index (κ2) is 17.8. The Labute approximate surface area is 495 Å². The van der Waals surface area contributed by atoms with Crippen molar-refractivity contribution in [1.82, 2.24) is 0 Å².